The van der Waals surface area contributed by atoms with Crippen molar-refractivity contribution in [3.8, 4) is 60.9 Å². The fourth-order valence-electron chi connectivity index (χ4n) is 11.8. The molecular weight excluding hydrogens is 1910 g/mol. The molecule has 136 heavy (non-hydrogen) atoms. The zero-order valence-electron chi connectivity index (χ0n) is 74.1. The third kappa shape index (κ3) is 32.7. The van der Waals surface area contributed by atoms with Crippen LogP contribution in [0.25, 0.3) is 0 Å². The smallest absolute Gasteiger partial charge is 0.259 e. The van der Waals surface area contributed by atoms with E-state index in [0.717, 1.165) is 0 Å². The molecule has 2 heterocycles. The van der Waals surface area contributed by atoms with E-state index >= 15 is 0 Å². The molecule has 2 aromatic heterocycles. The fourth-order valence-corrected chi connectivity index (χ4v) is 12.6. The van der Waals surface area contributed by atoms with Gasteiger partial charge < -0.3 is 71.6 Å². The van der Waals surface area contributed by atoms with E-state index in [0.29, 0.717) is 129 Å². The molecule has 12 rings (SSSR count). The molecule has 0 bridgehead atoms. The van der Waals surface area contributed by atoms with Gasteiger partial charge in [0.05, 0.1) is 59.2 Å². The number of carbonyl (C=O) groups excluding carboxylic acids is 8. The van der Waals surface area contributed by atoms with Gasteiger partial charge in [0.1, 0.15) is 46.5 Å². The van der Waals surface area contributed by atoms with Gasteiger partial charge >= 0.3 is 0 Å². The summed E-state index contributed by atoms with van der Waals surface area (Å²) in [5.41, 5.74) is 9.36. The van der Waals surface area contributed by atoms with Crippen LogP contribution in [-0.2, 0) is 0 Å². The van der Waals surface area contributed by atoms with E-state index in [1.807, 2.05) is 0 Å². The summed E-state index contributed by atoms with van der Waals surface area (Å²) in [6, 6.07) is 61.6. The molecule has 36 heteroatoms. The first kappa shape index (κ1) is 115. The van der Waals surface area contributed by atoms with Crippen LogP contribution in [0.4, 0.5) is 45.8 Å². The monoisotopic (exact) mass is 2000 g/mol. The van der Waals surface area contributed by atoms with E-state index in [9.17, 15) is 38.4 Å². The second kappa shape index (κ2) is 55.4. The molecule has 0 aliphatic carbocycles. The Hall–Kier alpha value is -11.8. The molecule has 0 spiro atoms. The van der Waals surface area contributed by atoms with E-state index in [2.05, 4.69) is 76.2 Å². The van der Waals surface area contributed by atoms with Crippen LogP contribution in [0.15, 0.2) is 243 Å². The van der Waals surface area contributed by atoms with Gasteiger partial charge in [0.15, 0.2) is 0 Å². The number of halogens is 4. The van der Waals surface area contributed by atoms with Crippen molar-refractivity contribution in [1.29, 1.82) is 21.6 Å². The van der Waals surface area contributed by atoms with Crippen LogP contribution >= 0.6 is 46.4 Å². The molecule has 12 N–H and O–H groups in total. The zero-order valence-corrected chi connectivity index (χ0v) is 79.9. The molecule has 8 amide bonds. The van der Waals surface area contributed by atoms with Gasteiger partial charge in [-0.3, -0.25) is 60.0 Å². The molecule has 0 fully saturated rings. The van der Waals surface area contributed by atoms with Gasteiger partial charge in [-0.2, -0.15) is 0 Å². The summed E-state index contributed by atoms with van der Waals surface area (Å²) in [5, 5.41) is 55.2. The Kier molecular flexibility index (Phi) is 46.7. The van der Waals surface area contributed by atoms with E-state index in [1.165, 1.54) is 63.0 Å². The quantitative estimate of drug-likeness (QED) is 0.0170. The molecule has 0 saturated heterocycles. The number of anilines is 8. The minimum atomic E-state index is -0.549. The number of aromatic nitrogens is 2. The maximum atomic E-state index is 13.1. The molecule has 0 aliphatic rings. The van der Waals surface area contributed by atoms with Crippen LogP contribution in [0.1, 0.15) is 127 Å². The number of terminal acetylenes is 4. The number of nitrogens with zero attached hydrogens (tertiary/aromatic N) is 6. The van der Waals surface area contributed by atoms with Gasteiger partial charge in [0, 0.05) is 330 Å². The van der Waals surface area contributed by atoms with Crippen molar-refractivity contribution in [3.05, 3.63) is 352 Å². The second-order valence-electron chi connectivity index (χ2n) is 29.0. The van der Waals surface area contributed by atoms with Crippen LogP contribution in [-0.4, -0.2) is 171 Å². The summed E-state index contributed by atoms with van der Waals surface area (Å²) in [5.74, 6) is 8.63. The SMILES string of the molecule is C#Cc1ccc(NC(=O)c2cc(Cl)cc(OC)c2NC(=O)c2ccc(C(=N)N(C)C)cc2)cc1.C#Cc1ccc(NC(=O)c2cc(Cl)cc(OC)c2NC(=O)c2ccc(C(=N)N(C)C)cc2)nc1.C#Cc1ccc(NC(=O)c2cc(Cl)ccc2NC(=O)c2ccc(C(=N)N(C)C)cc2)cc1.C#Cc1ccc(NC(=O)c2cc(Cl)ccc2NC(=O)c2ccc(C(=N)N(C)C)cc2)nc1.[Ar].[Ar].[Ar].[Ar]. The van der Waals surface area contributed by atoms with Crippen molar-refractivity contribution in [1.82, 2.24) is 29.6 Å². The zero-order chi connectivity index (χ0) is 96.2. The maximum absolute atomic E-state index is 13.1. The molecular formula is C100H86Ar4Cl4N18O10. The van der Waals surface area contributed by atoms with Crippen molar-refractivity contribution in [3.63, 3.8) is 0 Å². The number of carbonyl (C=O) groups is 8. The van der Waals surface area contributed by atoms with Crippen LogP contribution in [0, 0.1) is 222 Å². The van der Waals surface area contributed by atoms with Crippen molar-refractivity contribution in [2.45, 2.75) is 0 Å². The molecule has 0 atom stereocenters. The number of amidine groups is 4. The third-order valence-corrected chi connectivity index (χ3v) is 19.8. The number of amides is 8. The van der Waals surface area contributed by atoms with Gasteiger partial charge in [-0.05, 0) is 170 Å². The van der Waals surface area contributed by atoms with Crippen LogP contribution in [0.3, 0.4) is 0 Å². The number of hydrogen-bond acceptors (Lipinski definition) is 16. The molecule has 0 saturated carbocycles. The molecule has 0 unspecified atom stereocenters. The fraction of sp³-hybridized carbons (Fsp3) is 0.100. The molecule has 0 radical (unpaired) electrons. The summed E-state index contributed by atoms with van der Waals surface area (Å²) in [4.78, 5) is 118. The van der Waals surface area contributed by atoms with Crippen molar-refractivity contribution >= 4 is 163 Å². The molecule has 28 nitrogen and oxygen atoms in total. The minimum Gasteiger partial charge on any atom is -0.494 e. The molecule has 12 aromatic rings. The minimum absolute atomic E-state index is 0. The first-order valence-corrected chi connectivity index (χ1v) is 40.8. The number of hydrogen-bond donors (Lipinski definition) is 12. The van der Waals surface area contributed by atoms with E-state index in [-0.39, 0.29) is 218 Å². The predicted octanol–water partition coefficient (Wildman–Crippen LogP) is 17.7. The normalized spacial score (nSPS) is 9.78. The largest absolute Gasteiger partial charge is 0.494 e. The Balaban J connectivity index is 0.000000317. The van der Waals surface area contributed by atoms with Crippen molar-refractivity contribution in [2.24, 2.45) is 0 Å². The van der Waals surface area contributed by atoms with E-state index < -0.39 is 41.4 Å². The average Bonchev–Trinajstić information content (AvgIpc) is 0.804. The number of benzene rings is 10. The number of methoxy groups -OCH3 is 2. The van der Waals surface area contributed by atoms with E-state index in [1.54, 1.807) is 270 Å². The first-order chi connectivity index (χ1) is 63.0. The average molecular weight is 2000 g/mol. The van der Waals surface area contributed by atoms with Crippen molar-refractivity contribution in [2.75, 3.05) is 113 Å². The Morgan fingerprint density at radius 3 is 0.787 bits per heavy atom. The Labute approximate surface area is 927 Å². The van der Waals surface area contributed by atoms with E-state index in [4.69, 9.17) is 103 Å². The van der Waals surface area contributed by atoms with Crippen LogP contribution in [0.5, 0.6) is 11.5 Å². The second-order valence-corrected chi connectivity index (χ2v) is 30.7. The van der Waals surface area contributed by atoms with Gasteiger partial charge in [-0.1, -0.05) is 119 Å². The van der Waals surface area contributed by atoms with Gasteiger partial charge in [0.25, 0.3) is 47.3 Å². The molecule has 696 valence electrons. The maximum Gasteiger partial charge on any atom is 0.259 e. The Morgan fingerprint density at radius 2 is 0.529 bits per heavy atom. The standard InChI is InChI=1S/C26H23ClN4O3.C25H22ClN5O3.C25H21ClN4O2.C24H20ClN5O2.4Ar/c1-5-16-6-12-20(13-7-16)29-26(33)21-14-19(27)15-22(34-4)23(21)30-25(32)18-10-8-17(9-11-18)24(28)31(2)3;1-5-15-6-11-21(28-14-15)29-25(33)19-12-18(26)13-20(34-4)22(19)30-24(32)17-9-7-16(8-10-17)23(27)31(2)3;1-4-16-5-12-20(13-6-16)28-25(32)21-15-19(26)11-14-22(21)29-24(31)18-9-7-17(8-10-18)23(27)30(2)3;1-4-15-5-12-21(27-14-15)29-24(32)19-13-18(25)10-11-20(19)28-23(31)17-8-6-16(7-9-17)22(26)30(2)3;;;;/h1,6-15,28H,2-4H3,(H,29,33)(H,30,32);1,6-14,27H,2-4H3,(H,30,32)(H,28,29,33);1,5-15,27H,2-3H3,(H,28,32)(H,29,31);1,5-14,26H,2-3H3,(H,28,31)(H,27,29,32);;;;. The summed E-state index contributed by atoms with van der Waals surface area (Å²) in [6.07, 6.45) is 24.3. The summed E-state index contributed by atoms with van der Waals surface area (Å²) in [7, 11) is 17.0. The first-order valence-electron chi connectivity index (χ1n) is 39.3. The van der Waals surface area contributed by atoms with Gasteiger partial charge in [-0.15, -0.1) is 25.7 Å². The number of nitrogens with one attached hydrogen (secondary N) is 12. The number of pyridine rings is 2. The molecule has 10 aromatic carbocycles. The van der Waals surface area contributed by atoms with Gasteiger partial charge in [-0.25, -0.2) is 9.97 Å². The number of rotatable bonds is 22. The van der Waals surface area contributed by atoms with Gasteiger partial charge in [0.2, 0.25) is 0 Å². The molecule has 0 aliphatic heterocycles. The Morgan fingerprint density at radius 1 is 0.287 bits per heavy atom. The van der Waals surface area contributed by atoms with Crippen LogP contribution < -0.4 is 52.0 Å². The summed E-state index contributed by atoms with van der Waals surface area (Å²) in [6.45, 7) is 0. The van der Waals surface area contributed by atoms with Crippen LogP contribution in [0.2, 0.25) is 20.1 Å². The summed E-state index contributed by atoms with van der Waals surface area (Å²) < 4.78 is 10.7. The predicted molar refractivity (Wildman–Crippen MR) is 523 cm³/mol. The third-order valence-electron chi connectivity index (χ3n) is 18.9. The summed E-state index contributed by atoms with van der Waals surface area (Å²) >= 11 is 24.5. The van der Waals surface area contributed by atoms with Crippen molar-refractivity contribution < 1.29 is 199 Å². The topological polar surface area (TPSA) is 385 Å². The Bertz CT molecular complexity index is 6200. The number of ether oxygens (including phenoxy) is 2.